The van der Waals surface area contributed by atoms with Crippen LogP contribution in [0.1, 0.15) is 0 Å². The number of nitrogens with zero attached hydrogens (tertiary/aromatic N) is 4. The predicted octanol–water partition coefficient (Wildman–Crippen LogP) is -2.27. The number of β-amino-alcohol motifs (C(OH)–C–C–N with tert-alkyl or cyclic N) is 2. The molecule has 0 radical (unpaired) electrons. The minimum absolute atomic E-state index is 0.153. The van der Waals surface area contributed by atoms with Crippen LogP contribution in [0.25, 0.3) is 0 Å². The summed E-state index contributed by atoms with van der Waals surface area (Å²) in [6.07, 6.45) is 0. The minimum atomic E-state index is -3.93. The Bertz CT molecular complexity index is 696. The van der Waals surface area contributed by atoms with Gasteiger partial charge in [-0.2, -0.15) is 16.8 Å². The van der Waals surface area contributed by atoms with E-state index in [1.54, 1.807) is 22.6 Å². The fraction of sp³-hybridized carbons (Fsp3) is 1.00. The smallest absolute Gasteiger partial charge is 0.278 e. The monoisotopic (exact) mass is 602 g/mol. The largest absolute Gasteiger partial charge is 0.395 e. The van der Waals surface area contributed by atoms with Crippen LogP contribution in [0.4, 0.5) is 0 Å². The van der Waals surface area contributed by atoms with Crippen molar-refractivity contribution < 1.29 is 36.2 Å². The highest BCUT2D eigenvalue weighted by Crippen LogP contribution is 2.12. The average Bonchev–Trinajstić information content (AvgIpc) is 2.69. The maximum atomic E-state index is 10.8. The molecular formula is C16H35IN4O8S2. The highest BCUT2D eigenvalue weighted by Gasteiger charge is 2.25. The molecule has 2 aliphatic heterocycles. The van der Waals surface area contributed by atoms with Crippen LogP contribution in [0.3, 0.4) is 0 Å². The second-order valence-corrected chi connectivity index (χ2v) is 13.0. The SMILES string of the molecule is O=S(=O)(O)C(I)CN1CCN(CCO)CC1.O=S(=O)(O)CCN1CCN(CCO)CC1. The molecule has 2 fully saturated rings. The molecule has 31 heavy (non-hydrogen) atoms. The molecule has 1 atom stereocenters. The molecule has 1 unspecified atom stereocenters. The molecule has 15 heteroatoms. The van der Waals surface area contributed by atoms with Crippen molar-refractivity contribution >= 4 is 42.8 Å². The van der Waals surface area contributed by atoms with E-state index in [1.165, 1.54) is 0 Å². The van der Waals surface area contributed by atoms with Crippen LogP contribution < -0.4 is 0 Å². The first-order chi connectivity index (χ1) is 14.4. The Morgan fingerprint density at radius 1 is 0.677 bits per heavy atom. The standard InChI is InChI=1S/C8H17IN2O4S.C8H18N2O4S/c9-8(16(13,14)15)7-11-3-1-10(2-4-11)5-6-12;11-7-5-9-1-3-10(4-2-9)6-8-15(12,13)14/h8,12H,1-7H2,(H,13,14,15);11H,1-8H2,(H,12,13,14). The summed E-state index contributed by atoms with van der Waals surface area (Å²) in [5.74, 6) is -0.201. The molecule has 0 aromatic rings. The van der Waals surface area contributed by atoms with Gasteiger partial charge in [-0.15, -0.1) is 0 Å². The molecule has 4 N–H and O–H groups in total. The Kier molecular flexibility index (Phi) is 13.8. The Balaban J connectivity index is 0.000000311. The molecule has 2 saturated heterocycles. The second kappa shape index (κ2) is 14.5. The molecule has 0 aliphatic carbocycles. The normalized spacial score (nSPS) is 21.5. The number of piperazine rings is 2. The summed E-state index contributed by atoms with van der Waals surface area (Å²) in [5.41, 5.74) is 0. The van der Waals surface area contributed by atoms with Crippen molar-refractivity contribution in [3.05, 3.63) is 0 Å². The van der Waals surface area contributed by atoms with Crippen LogP contribution in [0, 0.1) is 0 Å². The molecular weight excluding hydrogens is 567 g/mol. The summed E-state index contributed by atoms with van der Waals surface area (Å²) in [4.78, 5) is 8.27. The number of hydrogen-bond donors (Lipinski definition) is 4. The maximum Gasteiger partial charge on any atom is 0.278 e. The van der Waals surface area contributed by atoms with Crippen LogP contribution >= 0.6 is 22.6 Å². The van der Waals surface area contributed by atoms with Gasteiger partial charge in [0, 0.05) is 78.5 Å². The summed E-state index contributed by atoms with van der Waals surface area (Å²) < 4.78 is 59.4. The van der Waals surface area contributed by atoms with Crippen LogP contribution in [0.2, 0.25) is 0 Å². The second-order valence-electron chi connectivity index (χ2n) is 7.48. The van der Waals surface area contributed by atoms with Crippen molar-refractivity contribution in [1.82, 2.24) is 19.6 Å². The average molecular weight is 603 g/mol. The zero-order valence-corrected chi connectivity index (χ0v) is 21.4. The van der Waals surface area contributed by atoms with E-state index >= 15 is 0 Å². The van der Waals surface area contributed by atoms with Gasteiger partial charge < -0.3 is 10.2 Å². The summed E-state index contributed by atoms with van der Waals surface area (Å²) in [5, 5.41) is 17.5. The highest BCUT2D eigenvalue weighted by atomic mass is 127. The molecule has 0 saturated carbocycles. The van der Waals surface area contributed by atoms with E-state index in [9.17, 15) is 16.8 Å². The first kappa shape index (κ1) is 29.3. The molecule has 2 rings (SSSR count). The van der Waals surface area contributed by atoms with E-state index in [0.717, 1.165) is 52.4 Å². The fourth-order valence-corrected chi connectivity index (χ4v) is 4.70. The molecule has 0 spiro atoms. The lowest BCUT2D eigenvalue weighted by Crippen LogP contribution is -2.49. The van der Waals surface area contributed by atoms with Gasteiger partial charge in [-0.1, -0.05) is 22.6 Å². The molecule has 2 heterocycles. The summed E-state index contributed by atoms with van der Waals surface area (Å²) in [6, 6.07) is 0. The van der Waals surface area contributed by atoms with Gasteiger partial charge in [0.15, 0.2) is 3.26 Å². The van der Waals surface area contributed by atoms with E-state index in [2.05, 4.69) is 9.80 Å². The Labute approximate surface area is 198 Å². The third kappa shape index (κ3) is 13.6. The molecule has 12 nitrogen and oxygen atoms in total. The van der Waals surface area contributed by atoms with Gasteiger partial charge in [0.25, 0.3) is 20.2 Å². The lowest BCUT2D eigenvalue weighted by Gasteiger charge is -2.34. The number of hydrogen-bond acceptors (Lipinski definition) is 10. The van der Waals surface area contributed by atoms with Crippen molar-refractivity contribution in [1.29, 1.82) is 0 Å². The number of aliphatic hydroxyl groups is 2. The Morgan fingerprint density at radius 3 is 1.35 bits per heavy atom. The van der Waals surface area contributed by atoms with Crippen LogP contribution in [-0.2, 0) is 20.2 Å². The van der Waals surface area contributed by atoms with Gasteiger partial charge in [-0.05, 0) is 0 Å². The van der Waals surface area contributed by atoms with Crippen molar-refractivity contribution in [2.75, 3.05) is 97.5 Å². The van der Waals surface area contributed by atoms with Gasteiger partial charge in [-0.3, -0.25) is 28.7 Å². The van der Waals surface area contributed by atoms with E-state index in [1.807, 2.05) is 9.80 Å². The lowest BCUT2D eigenvalue weighted by atomic mass is 10.3. The number of alkyl halides is 1. The topological polar surface area (TPSA) is 162 Å². The number of halogens is 1. The van der Waals surface area contributed by atoms with Crippen LogP contribution in [-0.4, -0.2) is 157 Å². The van der Waals surface area contributed by atoms with Gasteiger partial charge in [0.2, 0.25) is 0 Å². The molecule has 186 valence electrons. The molecule has 0 aromatic heterocycles. The van der Waals surface area contributed by atoms with Gasteiger partial charge >= 0.3 is 0 Å². The van der Waals surface area contributed by atoms with Crippen LogP contribution in [0.5, 0.6) is 0 Å². The van der Waals surface area contributed by atoms with E-state index in [-0.39, 0.29) is 19.0 Å². The third-order valence-corrected chi connectivity index (χ3v) is 8.97. The van der Waals surface area contributed by atoms with Crippen molar-refractivity contribution in [3.8, 4) is 0 Å². The zero-order valence-electron chi connectivity index (χ0n) is 17.6. The first-order valence-electron chi connectivity index (χ1n) is 10.1. The summed E-state index contributed by atoms with van der Waals surface area (Å²) in [6.45, 7) is 8.84. The molecule has 0 bridgehead atoms. The summed E-state index contributed by atoms with van der Waals surface area (Å²) in [7, 11) is -7.78. The third-order valence-electron chi connectivity index (χ3n) is 5.15. The zero-order chi connectivity index (χ0) is 23.5. The van der Waals surface area contributed by atoms with E-state index < -0.39 is 23.5 Å². The Morgan fingerprint density at radius 2 is 1.03 bits per heavy atom. The minimum Gasteiger partial charge on any atom is -0.395 e. The van der Waals surface area contributed by atoms with Crippen molar-refractivity contribution in [3.63, 3.8) is 0 Å². The van der Waals surface area contributed by atoms with Crippen LogP contribution in [0.15, 0.2) is 0 Å². The number of aliphatic hydroxyl groups excluding tert-OH is 2. The Hall–Kier alpha value is 0.310. The molecule has 0 aromatic carbocycles. The highest BCUT2D eigenvalue weighted by molar-refractivity contribution is 14.1. The maximum absolute atomic E-state index is 10.8. The van der Waals surface area contributed by atoms with E-state index in [4.69, 9.17) is 19.3 Å². The van der Waals surface area contributed by atoms with Crippen molar-refractivity contribution in [2.24, 2.45) is 0 Å². The lowest BCUT2D eigenvalue weighted by molar-refractivity contribution is 0.116. The number of rotatable bonds is 10. The molecule has 2 aliphatic rings. The van der Waals surface area contributed by atoms with Gasteiger partial charge in [0.05, 0.1) is 19.0 Å². The van der Waals surface area contributed by atoms with Gasteiger partial charge in [-0.25, -0.2) is 0 Å². The van der Waals surface area contributed by atoms with Crippen molar-refractivity contribution in [2.45, 2.75) is 3.26 Å². The van der Waals surface area contributed by atoms with Gasteiger partial charge in [0.1, 0.15) is 0 Å². The quantitative estimate of drug-likeness (QED) is 0.121. The fourth-order valence-electron chi connectivity index (χ4n) is 3.26. The van der Waals surface area contributed by atoms with E-state index in [0.29, 0.717) is 26.2 Å². The molecule has 0 amide bonds. The first-order valence-corrected chi connectivity index (χ1v) is 14.5. The predicted molar refractivity (Wildman–Crippen MR) is 126 cm³/mol. The summed E-state index contributed by atoms with van der Waals surface area (Å²) >= 11 is 1.74.